The smallest absolute Gasteiger partial charge is 0.155 e. The van der Waals surface area contributed by atoms with Gasteiger partial charge in [-0.2, -0.15) is 0 Å². The van der Waals surface area contributed by atoms with Crippen LogP contribution in [0, 0.1) is 22.7 Å². The van der Waals surface area contributed by atoms with Gasteiger partial charge in [0, 0.05) is 0 Å². The molecule has 0 aliphatic heterocycles. The number of rotatable bonds is 4. The maximum absolute atomic E-state index is 11.4. The van der Waals surface area contributed by atoms with Gasteiger partial charge in [-0.15, -0.1) is 0 Å². The molecule has 0 amide bonds. The lowest BCUT2D eigenvalue weighted by molar-refractivity contribution is -0.113. The summed E-state index contributed by atoms with van der Waals surface area (Å²) in [5.74, 6) is 1.49. The van der Waals surface area contributed by atoms with E-state index in [2.05, 4.69) is 33.9 Å². The Hall–Kier alpha value is -0.850. The Morgan fingerprint density at radius 3 is 2.57 bits per heavy atom. The van der Waals surface area contributed by atoms with Gasteiger partial charge in [0.05, 0.1) is 0 Å². The minimum Gasteiger partial charge on any atom is -0.295 e. The van der Waals surface area contributed by atoms with Gasteiger partial charge in [-0.25, -0.2) is 0 Å². The lowest BCUT2D eigenvalue weighted by Gasteiger charge is -2.58. The Balaban J connectivity index is 2.19. The number of carbonyl (C=O) groups is 1. The molecule has 0 aromatic carbocycles. The van der Waals surface area contributed by atoms with Crippen LogP contribution in [0.3, 0.4) is 0 Å². The Kier molecular flexibility index (Phi) is 4.52. The second-order valence-electron chi connectivity index (χ2n) is 8.35. The highest BCUT2D eigenvalue weighted by Crippen LogP contribution is 2.61. The molecule has 2 fully saturated rings. The summed E-state index contributed by atoms with van der Waals surface area (Å²) in [5, 5.41) is 0. The SMILES string of the molecule is C=C(CC[C@H]1C(=C)CC[C@H]2C(C)(C)CCC[C@]12C)C(C)=O. The molecule has 0 spiro atoms. The van der Waals surface area contributed by atoms with E-state index in [0.29, 0.717) is 16.7 Å². The van der Waals surface area contributed by atoms with E-state index in [1.54, 1.807) is 6.92 Å². The van der Waals surface area contributed by atoms with Crippen LogP contribution < -0.4 is 0 Å². The number of carbonyl (C=O) groups excluding carboxylic acids is 1. The first-order valence-corrected chi connectivity index (χ1v) is 8.55. The quantitative estimate of drug-likeness (QED) is 0.478. The average Bonchev–Trinajstić information content (AvgIpc) is 2.36. The van der Waals surface area contributed by atoms with E-state index in [1.807, 2.05) is 0 Å². The molecule has 118 valence electrons. The largest absolute Gasteiger partial charge is 0.295 e. The molecule has 0 heterocycles. The van der Waals surface area contributed by atoms with E-state index in [9.17, 15) is 4.79 Å². The maximum atomic E-state index is 11.4. The second kappa shape index (κ2) is 5.74. The molecule has 0 radical (unpaired) electrons. The van der Waals surface area contributed by atoms with Crippen molar-refractivity contribution in [3.8, 4) is 0 Å². The molecule has 2 aliphatic rings. The van der Waals surface area contributed by atoms with Crippen molar-refractivity contribution in [3.63, 3.8) is 0 Å². The summed E-state index contributed by atoms with van der Waals surface area (Å²) >= 11 is 0. The van der Waals surface area contributed by atoms with Gasteiger partial charge >= 0.3 is 0 Å². The fraction of sp³-hybridized carbons (Fsp3) is 0.750. The van der Waals surface area contributed by atoms with E-state index in [-0.39, 0.29) is 5.78 Å². The van der Waals surface area contributed by atoms with Crippen LogP contribution in [0.4, 0.5) is 0 Å². The summed E-state index contributed by atoms with van der Waals surface area (Å²) in [5.41, 5.74) is 3.02. The molecule has 0 bridgehead atoms. The Morgan fingerprint density at radius 2 is 1.95 bits per heavy atom. The summed E-state index contributed by atoms with van der Waals surface area (Å²) in [4.78, 5) is 11.4. The predicted octanol–water partition coefficient (Wildman–Crippen LogP) is 5.71. The van der Waals surface area contributed by atoms with Gasteiger partial charge in [-0.1, -0.05) is 45.9 Å². The van der Waals surface area contributed by atoms with Gasteiger partial charge in [-0.3, -0.25) is 4.79 Å². The molecule has 2 saturated carbocycles. The first kappa shape index (κ1) is 16.5. The van der Waals surface area contributed by atoms with Crippen molar-refractivity contribution in [2.45, 2.75) is 72.6 Å². The van der Waals surface area contributed by atoms with Crippen LogP contribution in [-0.2, 0) is 4.79 Å². The van der Waals surface area contributed by atoms with Gasteiger partial charge in [0.15, 0.2) is 5.78 Å². The minimum atomic E-state index is 0.141. The Bertz CT molecular complexity index is 456. The van der Waals surface area contributed by atoms with Gasteiger partial charge in [-0.05, 0) is 73.7 Å². The molecule has 2 aliphatic carbocycles. The van der Waals surface area contributed by atoms with Crippen LogP contribution in [0.15, 0.2) is 24.3 Å². The van der Waals surface area contributed by atoms with E-state index in [4.69, 9.17) is 0 Å². The lowest BCUT2D eigenvalue weighted by atomic mass is 9.47. The minimum absolute atomic E-state index is 0.141. The summed E-state index contributed by atoms with van der Waals surface area (Å²) < 4.78 is 0. The topological polar surface area (TPSA) is 17.1 Å². The Labute approximate surface area is 130 Å². The zero-order valence-electron chi connectivity index (χ0n) is 14.4. The average molecular weight is 288 g/mol. The normalized spacial score (nSPS) is 35.1. The third-order valence-corrected chi connectivity index (χ3v) is 6.55. The second-order valence-corrected chi connectivity index (χ2v) is 8.35. The van der Waals surface area contributed by atoms with Crippen molar-refractivity contribution in [2.24, 2.45) is 22.7 Å². The molecule has 0 unspecified atom stereocenters. The van der Waals surface area contributed by atoms with Gasteiger partial charge in [0.25, 0.3) is 0 Å². The zero-order valence-corrected chi connectivity index (χ0v) is 14.4. The van der Waals surface area contributed by atoms with Crippen molar-refractivity contribution in [2.75, 3.05) is 0 Å². The first-order chi connectivity index (χ1) is 9.68. The number of ketones is 1. The van der Waals surface area contributed by atoms with Crippen molar-refractivity contribution < 1.29 is 4.79 Å². The monoisotopic (exact) mass is 288 g/mol. The fourth-order valence-corrected chi connectivity index (χ4v) is 5.30. The molecular weight excluding hydrogens is 256 g/mol. The molecule has 0 aromatic heterocycles. The number of fused-ring (bicyclic) bond motifs is 1. The van der Waals surface area contributed by atoms with Crippen LogP contribution in [-0.4, -0.2) is 5.78 Å². The third kappa shape index (κ3) is 3.03. The molecule has 0 aromatic rings. The summed E-state index contributed by atoms with van der Waals surface area (Å²) in [6.07, 6.45) is 8.36. The number of hydrogen-bond acceptors (Lipinski definition) is 1. The molecule has 1 heteroatoms. The molecule has 2 rings (SSSR count). The summed E-state index contributed by atoms with van der Waals surface area (Å²) in [7, 11) is 0. The summed E-state index contributed by atoms with van der Waals surface area (Å²) in [6.45, 7) is 17.4. The van der Waals surface area contributed by atoms with Crippen LogP contribution in [0.5, 0.6) is 0 Å². The van der Waals surface area contributed by atoms with E-state index in [1.165, 1.54) is 37.7 Å². The highest BCUT2D eigenvalue weighted by atomic mass is 16.1. The molecule has 3 atom stereocenters. The number of allylic oxidation sites excluding steroid dienone is 2. The molecule has 1 nitrogen and oxygen atoms in total. The number of hydrogen-bond donors (Lipinski definition) is 0. The van der Waals surface area contributed by atoms with Crippen LogP contribution in [0.2, 0.25) is 0 Å². The van der Waals surface area contributed by atoms with Crippen molar-refractivity contribution in [1.29, 1.82) is 0 Å². The molecular formula is C20H32O. The lowest BCUT2D eigenvalue weighted by Crippen LogP contribution is -2.49. The molecule has 0 N–H and O–H groups in total. The zero-order chi connectivity index (χ0) is 15.8. The van der Waals surface area contributed by atoms with Gasteiger partial charge in [0.1, 0.15) is 0 Å². The van der Waals surface area contributed by atoms with Crippen molar-refractivity contribution in [1.82, 2.24) is 0 Å². The highest BCUT2D eigenvalue weighted by molar-refractivity contribution is 5.92. The standard InChI is InChI=1S/C20H32O/c1-14(16(3)21)8-10-17-15(2)9-11-18-19(4,5)12-7-13-20(17,18)6/h17-18H,1-2,7-13H2,3-6H3/t17-,18-,20+/m0/s1. The van der Waals surface area contributed by atoms with E-state index >= 15 is 0 Å². The molecule has 21 heavy (non-hydrogen) atoms. The highest BCUT2D eigenvalue weighted by Gasteiger charge is 2.52. The van der Waals surface area contributed by atoms with E-state index in [0.717, 1.165) is 24.3 Å². The van der Waals surface area contributed by atoms with Crippen molar-refractivity contribution in [3.05, 3.63) is 24.3 Å². The van der Waals surface area contributed by atoms with Crippen LogP contribution in [0.1, 0.15) is 72.6 Å². The van der Waals surface area contributed by atoms with Crippen LogP contribution >= 0.6 is 0 Å². The number of Topliss-reactive ketones (excluding diaryl/α,β-unsaturated/α-hetero) is 1. The van der Waals surface area contributed by atoms with Crippen molar-refractivity contribution >= 4 is 5.78 Å². The Morgan fingerprint density at radius 1 is 1.29 bits per heavy atom. The maximum Gasteiger partial charge on any atom is 0.155 e. The predicted molar refractivity (Wildman–Crippen MR) is 90.1 cm³/mol. The first-order valence-electron chi connectivity index (χ1n) is 8.55. The molecule has 0 saturated heterocycles. The van der Waals surface area contributed by atoms with Gasteiger partial charge in [0.2, 0.25) is 0 Å². The summed E-state index contributed by atoms with van der Waals surface area (Å²) in [6, 6.07) is 0. The fourth-order valence-electron chi connectivity index (χ4n) is 5.30. The van der Waals surface area contributed by atoms with Crippen LogP contribution in [0.25, 0.3) is 0 Å². The van der Waals surface area contributed by atoms with E-state index < -0.39 is 0 Å². The van der Waals surface area contributed by atoms with Gasteiger partial charge < -0.3 is 0 Å². The third-order valence-electron chi connectivity index (χ3n) is 6.55.